The fourth-order valence-electron chi connectivity index (χ4n) is 3.30. The molecule has 4 rings (SSSR count). The van der Waals surface area contributed by atoms with Crippen LogP contribution in [-0.4, -0.2) is 17.7 Å². The number of hydrogen-bond donors (Lipinski definition) is 2. The first-order valence-corrected chi connectivity index (χ1v) is 10.7. The number of hydrogen-bond acceptors (Lipinski definition) is 4. The number of benzene rings is 3. The van der Waals surface area contributed by atoms with Crippen molar-refractivity contribution in [3.8, 4) is 0 Å². The molecule has 11 heteroatoms. The van der Waals surface area contributed by atoms with Crippen molar-refractivity contribution < 1.29 is 27.6 Å². The van der Waals surface area contributed by atoms with Gasteiger partial charge in [0.05, 0.1) is 11.3 Å². The molecule has 3 aromatic rings. The van der Waals surface area contributed by atoms with Crippen molar-refractivity contribution in [1.29, 1.82) is 0 Å². The van der Waals surface area contributed by atoms with Crippen LogP contribution in [0.15, 0.2) is 83.5 Å². The van der Waals surface area contributed by atoms with Gasteiger partial charge < -0.3 is 10.6 Å². The molecule has 0 atom stereocenters. The van der Waals surface area contributed by atoms with Crippen LogP contribution in [-0.2, 0) is 15.8 Å². The quantitative estimate of drug-likeness (QED) is 0.402. The normalized spacial score (nSPS) is 13.9. The molecule has 0 unspecified atom stereocenters. The molecule has 1 aliphatic heterocycles. The van der Waals surface area contributed by atoms with Gasteiger partial charge in [-0.05, 0) is 60.7 Å². The molecule has 6 nitrogen and oxygen atoms in total. The molecular formula is C24H14Cl2F3N3O3. The lowest BCUT2D eigenvalue weighted by molar-refractivity contribution is -0.137. The van der Waals surface area contributed by atoms with Gasteiger partial charge in [0, 0.05) is 22.0 Å². The van der Waals surface area contributed by atoms with Gasteiger partial charge in [-0.3, -0.25) is 14.4 Å². The zero-order valence-corrected chi connectivity index (χ0v) is 19.0. The predicted molar refractivity (Wildman–Crippen MR) is 126 cm³/mol. The Balaban J connectivity index is 1.52. The number of rotatable bonds is 5. The number of alkyl halides is 3. The smallest absolute Gasteiger partial charge is 0.350 e. The highest BCUT2D eigenvalue weighted by molar-refractivity contribution is 6.53. The summed E-state index contributed by atoms with van der Waals surface area (Å²) in [4.78, 5) is 39.0. The molecular weight excluding hydrogens is 506 g/mol. The standard InChI is InChI=1S/C24H14Cl2F3N3O3/c25-15-7-9-18(10-8-15)32-22(34)19(26)20(23(32)35)30-16-5-1-3-13(11-16)21(33)31-17-6-2-4-14(12-17)24(27,28)29/h1-12,30H,(H,31,33). The molecule has 0 saturated carbocycles. The van der Waals surface area contributed by atoms with Crippen LogP contribution in [0.1, 0.15) is 15.9 Å². The molecule has 0 spiro atoms. The first-order chi connectivity index (χ1) is 16.5. The van der Waals surface area contributed by atoms with E-state index in [0.29, 0.717) is 5.02 Å². The van der Waals surface area contributed by atoms with Gasteiger partial charge in [0.1, 0.15) is 10.7 Å². The maximum absolute atomic E-state index is 12.9. The second-order valence-electron chi connectivity index (χ2n) is 7.35. The largest absolute Gasteiger partial charge is 0.416 e. The molecule has 0 saturated heterocycles. The van der Waals surface area contributed by atoms with Crippen molar-refractivity contribution in [3.63, 3.8) is 0 Å². The van der Waals surface area contributed by atoms with Crippen molar-refractivity contribution in [1.82, 2.24) is 0 Å². The Morgan fingerprint density at radius 2 is 1.49 bits per heavy atom. The third kappa shape index (κ3) is 5.16. The molecule has 3 amide bonds. The molecule has 2 N–H and O–H groups in total. The van der Waals surface area contributed by atoms with Crippen LogP contribution in [0, 0.1) is 0 Å². The van der Waals surface area contributed by atoms with E-state index in [4.69, 9.17) is 23.2 Å². The lowest BCUT2D eigenvalue weighted by atomic mass is 10.1. The summed E-state index contributed by atoms with van der Waals surface area (Å²) in [5.41, 5.74) is -0.508. The van der Waals surface area contributed by atoms with Crippen LogP contribution in [0.3, 0.4) is 0 Å². The van der Waals surface area contributed by atoms with E-state index in [1.54, 1.807) is 0 Å². The average molecular weight is 520 g/mol. The lowest BCUT2D eigenvalue weighted by Gasteiger charge is -2.15. The van der Waals surface area contributed by atoms with Crippen LogP contribution >= 0.6 is 23.2 Å². The van der Waals surface area contributed by atoms with E-state index in [-0.39, 0.29) is 33.4 Å². The fourth-order valence-corrected chi connectivity index (χ4v) is 3.63. The number of amides is 3. The highest BCUT2D eigenvalue weighted by atomic mass is 35.5. The summed E-state index contributed by atoms with van der Waals surface area (Å²) in [6.45, 7) is 0. The summed E-state index contributed by atoms with van der Waals surface area (Å²) in [7, 11) is 0. The van der Waals surface area contributed by atoms with Gasteiger partial charge in [0.2, 0.25) is 0 Å². The molecule has 178 valence electrons. The van der Waals surface area contributed by atoms with Crippen molar-refractivity contribution in [2.45, 2.75) is 6.18 Å². The molecule has 1 aliphatic rings. The van der Waals surface area contributed by atoms with E-state index in [1.165, 1.54) is 60.7 Å². The Labute approximate surface area is 206 Å². The zero-order valence-electron chi connectivity index (χ0n) is 17.5. The molecule has 0 aliphatic carbocycles. The molecule has 0 radical (unpaired) electrons. The first-order valence-electron chi connectivity index (χ1n) is 9.94. The van der Waals surface area contributed by atoms with Crippen molar-refractivity contribution in [2.24, 2.45) is 0 Å². The lowest BCUT2D eigenvalue weighted by Crippen LogP contribution is -2.32. The SMILES string of the molecule is O=C(Nc1cccc(C(F)(F)F)c1)c1cccc(NC2=C(Cl)C(=O)N(c3ccc(Cl)cc3)C2=O)c1. The summed E-state index contributed by atoms with van der Waals surface area (Å²) >= 11 is 12.0. The van der Waals surface area contributed by atoms with Gasteiger partial charge in [0.25, 0.3) is 17.7 Å². The van der Waals surface area contributed by atoms with Gasteiger partial charge >= 0.3 is 6.18 Å². The monoisotopic (exact) mass is 519 g/mol. The highest BCUT2D eigenvalue weighted by Gasteiger charge is 2.39. The predicted octanol–water partition coefficient (Wildman–Crippen LogP) is 6.05. The molecule has 0 bridgehead atoms. The van der Waals surface area contributed by atoms with Crippen molar-refractivity contribution >= 4 is 58.0 Å². The van der Waals surface area contributed by atoms with Crippen LogP contribution in [0.4, 0.5) is 30.2 Å². The number of imide groups is 1. The second kappa shape index (κ2) is 9.44. The number of halogens is 5. The molecule has 0 fully saturated rings. The third-order valence-corrected chi connectivity index (χ3v) is 5.56. The summed E-state index contributed by atoms with van der Waals surface area (Å²) in [6.07, 6.45) is -4.55. The van der Waals surface area contributed by atoms with E-state index < -0.39 is 29.5 Å². The maximum Gasteiger partial charge on any atom is 0.416 e. The minimum Gasteiger partial charge on any atom is -0.350 e. The topological polar surface area (TPSA) is 78.5 Å². The summed E-state index contributed by atoms with van der Waals surface area (Å²) in [5.74, 6) is -2.12. The Hall–Kier alpha value is -3.82. The van der Waals surface area contributed by atoms with Gasteiger partial charge in [-0.1, -0.05) is 35.3 Å². The Bertz CT molecular complexity index is 1370. The molecule has 35 heavy (non-hydrogen) atoms. The van der Waals surface area contributed by atoms with E-state index in [9.17, 15) is 27.6 Å². The Morgan fingerprint density at radius 1 is 0.829 bits per heavy atom. The fraction of sp³-hybridized carbons (Fsp3) is 0.0417. The van der Waals surface area contributed by atoms with E-state index >= 15 is 0 Å². The maximum atomic E-state index is 12.9. The van der Waals surface area contributed by atoms with Gasteiger partial charge in [0.15, 0.2) is 0 Å². The van der Waals surface area contributed by atoms with Crippen LogP contribution < -0.4 is 15.5 Å². The second-order valence-corrected chi connectivity index (χ2v) is 8.16. The van der Waals surface area contributed by atoms with E-state index in [2.05, 4.69) is 10.6 Å². The van der Waals surface area contributed by atoms with Crippen LogP contribution in [0.2, 0.25) is 5.02 Å². The average Bonchev–Trinajstić information content (AvgIpc) is 3.03. The van der Waals surface area contributed by atoms with E-state index in [1.807, 2.05) is 0 Å². The summed E-state index contributed by atoms with van der Waals surface area (Å²) in [5, 5.41) is 5.23. The third-order valence-electron chi connectivity index (χ3n) is 4.95. The Kier molecular flexibility index (Phi) is 6.56. The number of nitrogens with one attached hydrogen (secondary N) is 2. The number of carbonyl (C=O) groups is 3. The van der Waals surface area contributed by atoms with Gasteiger partial charge in [-0.25, -0.2) is 4.90 Å². The summed E-state index contributed by atoms with van der Waals surface area (Å²) < 4.78 is 38.8. The minimum absolute atomic E-state index is 0.0379. The molecule has 3 aromatic carbocycles. The first kappa shape index (κ1) is 24.3. The minimum atomic E-state index is -4.55. The van der Waals surface area contributed by atoms with Crippen molar-refractivity contribution in [2.75, 3.05) is 15.5 Å². The van der Waals surface area contributed by atoms with E-state index in [0.717, 1.165) is 17.0 Å². The zero-order chi connectivity index (χ0) is 25.3. The molecule has 1 heterocycles. The number of carbonyl (C=O) groups excluding carboxylic acids is 3. The van der Waals surface area contributed by atoms with Gasteiger partial charge in [-0.2, -0.15) is 13.2 Å². The van der Waals surface area contributed by atoms with Gasteiger partial charge in [-0.15, -0.1) is 0 Å². The highest BCUT2D eigenvalue weighted by Crippen LogP contribution is 2.32. The number of nitrogens with zero attached hydrogens (tertiary/aromatic N) is 1. The number of anilines is 3. The molecule has 0 aromatic heterocycles. The van der Waals surface area contributed by atoms with Crippen LogP contribution in [0.5, 0.6) is 0 Å². The Morgan fingerprint density at radius 3 is 2.17 bits per heavy atom. The van der Waals surface area contributed by atoms with Crippen molar-refractivity contribution in [3.05, 3.63) is 99.7 Å². The van der Waals surface area contributed by atoms with Crippen LogP contribution in [0.25, 0.3) is 0 Å². The summed E-state index contributed by atoms with van der Waals surface area (Å²) in [6, 6.07) is 16.1.